The monoisotopic (exact) mass is 210 g/mol. The third-order valence-electron chi connectivity index (χ3n) is 1.68. The number of nitrogen functional groups attached to an aromatic ring is 1. The number of carbonyl (C=O) groups excluding carboxylic acids is 1. The largest absolute Gasteiger partial charge is 0.369 e. The fourth-order valence-electron chi connectivity index (χ4n) is 1.10. The molecular formula is C6H6N6OS. The molecule has 72 valence electrons. The summed E-state index contributed by atoms with van der Waals surface area (Å²) in [5.41, 5.74) is 11.3. The van der Waals surface area contributed by atoms with E-state index in [1.807, 2.05) is 0 Å². The Morgan fingerprint density at radius 2 is 2.36 bits per heavy atom. The van der Waals surface area contributed by atoms with E-state index >= 15 is 0 Å². The van der Waals surface area contributed by atoms with Crippen LogP contribution in [0.15, 0.2) is 6.33 Å². The highest BCUT2D eigenvalue weighted by atomic mass is 32.1. The van der Waals surface area contributed by atoms with Crippen molar-refractivity contribution < 1.29 is 4.79 Å². The molecule has 7 nitrogen and oxygen atoms in total. The lowest BCUT2D eigenvalue weighted by Gasteiger charge is -1.98. The number of hydrogen-bond acceptors (Lipinski definition) is 5. The number of nitrogens with one attached hydrogen (secondary N) is 1. The average Bonchev–Trinajstić information content (AvgIpc) is 2.47. The Balaban J connectivity index is 2.92. The van der Waals surface area contributed by atoms with E-state index in [1.165, 1.54) is 6.33 Å². The van der Waals surface area contributed by atoms with Gasteiger partial charge in [-0.15, -0.1) is 0 Å². The van der Waals surface area contributed by atoms with Crippen LogP contribution in [0.5, 0.6) is 0 Å². The fourth-order valence-corrected chi connectivity index (χ4v) is 1.35. The molecule has 2 rings (SSSR count). The van der Waals surface area contributed by atoms with Crippen molar-refractivity contribution in [3.8, 4) is 0 Å². The SMILES string of the molecule is NC(=O)n1cnc2c(=S)nc(N)[nH]c21. The highest BCUT2D eigenvalue weighted by molar-refractivity contribution is 7.71. The zero-order valence-corrected chi connectivity index (χ0v) is 7.71. The van der Waals surface area contributed by atoms with Crippen molar-refractivity contribution in [2.75, 3.05) is 5.73 Å². The Labute approximate surface area is 82.8 Å². The Morgan fingerprint density at radius 1 is 1.64 bits per heavy atom. The maximum atomic E-state index is 10.9. The van der Waals surface area contributed by atoms with Crippen molar-refractivity contribution in [3.63, 3.8) is 0 Å². The molecule has 0 spiro atoms. The summed E-state index contributed by atoms with van der Waals surface area (Å²) in [6, 6.07) is -0.663. The number of anilines is 1. The number of nitrogens with zero attached hydrogens (tertiary/aromatic N) is 3. The molecule has 0 aliphatic rings. The van der Waals surface area contributed by atoms with Crippen LogP contribution in [0.2, 0.25) is 0 Å². The van der Waals surface area contributed by atoms with E-state index in [2.05, 4.69) is 15.0 Å². The summed E-state index contributed by atoms with van der Waals surface area (Å²) in [7, 11) is 0. The summed E-state index contributed by atoms with van der Waals surface area (Å²) in [6.45, 7) is 0. The van der Waals surface area contributed by atoms with Gasteiger partial charge in [0.1, 0.15) is 11.8 Å². The normalized spacial score (nSPS) is 10.6. The lowest BCUT2D eigenvalue weighted by molar-refractivity contribution is 0.251. The Morgan fingerprint density at radius 3 is 3.00 bits per heavy atom. The quantitative estimate of drug-likeness (QED) is 0.529. The van der Waals surface area contributed by atoms with Gasteiger partial charge in [0.05, 0.1) is 0 Å². The molecule has 5 N–H and O–H groups in total. The van der Waals surface area contributed by atoms with Gasteiger partial charge in [-0.3, -0.25) is 0 Å². The molecule has 0 fully saturated rings. The van der Waals surface area contributed by atoms with Gasteiger partial charge in [0.15, 0.2) is 16.2 Å². The Hall–Kier alpha value is -1.96. The predicted molar refractivity (Wildman–Crippen MR) is 52.1 cm³/mol. The number of imidazole rings is 1. The topological polar surface area (TPSA) is 116 Å². The number of nitrogens with two attached hydrogens (primary N) is 2. The van der Waals surface area contributed by atoms with Crippen LogP contribution >= 0.6 is 12.2 Å². The second-order valence-corrected chi connectivity index (χ2v) is 2.96. The van der Waals surface area contributed by atoms with Crippen molar-refractivity contribution in [1.29, 1.82) is 0 Å². The van der Waals surface area contributed by atoms with Gasteiger partial charge in [-0.1, -0.05) is 12.2 Å². The molecule has 0 aliphatic heterocycles. The molecule has 0 saturated heterocycles. The van der Waals surface area contributed by atoms with Crippen LogP contribution < -0.4 is 11.5 Å². The minimum absolute atomic E-state index is 0.116. The van der Waals surface area contributed by atoms with Gasteiger partial charge >= 0.3 is 6.03 Å². The second-order valence-electron chi connectivity index (χ2n) is 2.58. The minimum atomic E-state index is -0.663. The van der Waals surface area contributed by atoms with Crippen molar-refractivity contribution in [2.24, 2.45) is 5.73 Å². The molecule has 2 aromatic rings. The summed E-state index contributed by atoms with van der Waals surface area (Å²) < 4.78 is 1.35. The lowest BCUT2D eigenvalue weighted by Crippen LogP contribution is -2.19. The molecular weight excluding hydrogens is 204 g/mol. The van der Waals surface area contributed by atoms with Crippen LogP contribution in [0.3, 0.4) is 0 Å². The van der Waals surface area contributed by atoms with Crippen molar-refractivity contribution in [2.45, 2.75) is 0 Å². The van der Waals surface area contributed by atoms with Crippen molar-refractivity contribution >= 4 is 35.4 Å². The van der Waals surface area contributed by atoms with Crippen molar-refractivity contribution in [3.05, 3.63) is 11.0 Å². The zero-order chi connectivity index (χ0) is 10.3. The third kappa shape index (κ3) is 1.12. The predicted octanol–water partition coefficient (Wildman–Crippen LogP) is -0.00211. The first-order valence-electron chi connectivity index (χ1n) is 3.62. The van der Waals surface area contributed by atoms with Gasteiger partial charge in [-0.2, -0.15) is 0 Å². The number of H-pyrrole nitrogens is 1. The van der Waals surface area contributed by atoms with E-state index in [4.69, 9.17) is 23.7 Å². The van der Waals surface area contributed by atoms with Crippen molar-refractivity contribution in [1.82, 2.24) is 19.5 Å². The molecule has 14 heavy (non-hydrogen) atoms. The van der Waals surface area contributed by atoms with Gasteiger partial charge < -0.3 is 16.5 Å². The fraction of sp³-hybridized carbons (Fsp3) is 0. The number of rotatable bonds is 0. The molecule has 0 aliphatic carbocycles. The first-order valence-corrected chi connectivity index (χ1v) is 4.03. The molecule has 2 heterocycles. The average molecular weight is 210 g/mol. The molecule has 0 bridgehead atoms. The van der Waals surface area contributed by atoms with Gasteiger partial charge in [0.25, 0.3) is 0 Å². The Kier molecular flexibility index (Phi) is 1.71. The molecule has 2 aromatic heterocycles. The molecule has 0 aromatic carbocycles. The number of hydrogen-bond donors (Lipinski definition) is 3. The number of fused-ring (bicyclic) bond motifs is 1. The van der Waals surface area contributed by atoms with Crippen LogP contribution in [-0.4, -0.2) is 25.6 Å². The van der Waals surface area contributed by atoms with Crippen LogP contribution in [0.4, 0.5) is 10.7 Å². The summed E-state index contributed by atoms with van der Waals surface area (Å²) in [4.78, 5) is 21.3. The van der Waals surface area contributed by atoms with E-state index in [1.54, 1.807) is 0 Å². The molecule has 0 saturated carbocycles. The summed E-state index contributed by atoms with van der Waals surface area (Å²) in [5, 5.41) is 0. The summed E-state index contributed by atoms with van der Waals surface area (Å²) >= 11 is 4.90. The first-order chi connectivity index (χ1) is 6.59. The second kappa shape index (κ2) is 2.77. The van der Waals surface area contributed by atoms with E-state index < -0.39 is 6.03 Å². The molecule has 1 amide bonds. The minimum Gasteiger partial charge on any atom is -0.369 e. The van der Waals surface area contributed by atoms with Gasteiger partial charge in [0, 0.05) is 0 Å². The van der Waals surface area contributed by atoms with Crippen LogP contribution in [0.25, 0.3) is 11.2 Å². The number of primary amides is 1. The lowest BCUT2D eigenvalue weighted by atomic mass is 10.5. The van der Waals surface area contributed by atoms with Gasteiger partial charge in [-0.25, -0.2) is 19.3 Å². The number of aromatic nitrogens is 4. The van der Waals surface area contributed by atoms with Crippen LogP contribution in [0, 0.1) is 4.64 Å². The Bertz CT molecular complexity index is 569. The highest BCUT2D eigenvalue weighted by Crippen LogP contribution is 2.10. The number of aromatic amines is 1. The third-order valence-corrected chi connectivity index (χ3v) is 1.96. The molecule has 0 unspecified atom stereocenters. The molecule has 0 radical (unpaired) electrons. The first kappa shape index (κ1) is 8.63. The maximum Gasteiger partial charge on any atom is 0.325 e. The van der Waals surface area contributed by atoms with E-state index in [0.717, 1.165) is 4.57 Å². The van der Waals surface area contributed by atoms with Gasteiger partial charge in [0.2, 0.25) is 0 Å². The van der Waals surface area contributed by atoms with E-state index in [-0.39, 0.29) is 10.6 Å². The van der Waals surface area contributed by atoms with E-state index in [0.29, 0.717) is 11.2 Å². The highest BCUT2D eigenvalue weighted by Gasteiger charge is 2.09. The maximum absolute atomic E-state index is 10.9. The number of amides is 1. The van der Waals surface area contributed by atoms with E-state index in [9.17, 15) is 4.79 Å². The summed E-state index contributed by atoms with van der Waals surface area (Å²) in [6.07, 6.45) is 1.26. The zero-order valence-electron chi connectivity index (χ0n) is 6.89. The molecule has 0 atom stereocenters. The smallest absolute Gasteiger partial charge is 0.325 e. The standard InChI is InChI=1S/C6H6N6OS/c7-5-10-3-2(4(14)11-5)9-1-12(3)6(8)13/h1H,(H2,8,13)(H3,7,10,11,14). The van der Waals surface area contributed by atoms with Crippen LogP contribution in [0.1, 0.15) is 0 Å². The number of carbonyl (C=O) groups is 1. The van der Waals surface area contributed by atoms with Crippen LogP contribution in [-0.2, 0) is 0 Å². The summed E-state index contributed by atoms with van der Waals surface area (Å²) in [5.74, 6) is 0.116. The van der Waals surface area contributed by atoms with Gasteiger partial charge in [-0.05, 0) is 0 Å². The molecule has 8 heteroatoms.